The Kier molecular flexibility index (Phi) is 10.8. The monoisotopic (exact) mass is 497 g/mol. The number of anilines is 1. The molecule has 1 fully saturated rings. The molecule has 1 heterocycles. The molecule has 0 aromatic heterocycles. The molecule has 1 aromatic rings. The first kappa shape index (κ1) is 28.4. The third-order valence-electron chi connectivity index (χ3n) is 6.28. The molecular weight excluding hydrogens is 463 g/mol. The van der Waals surface area contributed by atoms with Crippen LogP contribution in [0.2, 0.25) is 0 Å². The molecule has 2 atom stereocenters. The van der Waals surface area contributed by atoms with Crippen LogP contribution in [0.15, 0.2) is 36.4 Å². The van der Waals surface area contributed by atoms with E-state index in [2.05, 4.69) is 11.4 Å². The summed E-state index contributed by atoms with van der Waals surface area (Å²) in [6.45, 7) is 2.62. The van der Waals surface area contributed by atoms with E-state index in [1.807, 2.05) is 36.1 Å². The lowest BCUT2D eigenvalue weighted by Gasteiger charge is -2.26. The molecule has 0 saturated heterocycles. The van der Waals surface area contributed by atoms with Crippen LogP contribution in [-0.2, 0) is 20.8 Å². The van der Waals surface area contributed by atoms with Gasteiger partial charge in [0.05, 0.1) is 6.04 Å². The van der Waals surface area contributed by atoms with Crippen LogP contribution in [0.5, 0.6) is 0 Å². The fourth-order valence-electron chi connectivity index (χ4n) is 4.30. The van der Waals surface area contributed by atoms with Gasteiger partial charge >= 0.3 is 12.1 Å². The van der Waals surface area contributed by atoms with E-state index in [0.717, 1.165) is 18.5 Å². The number of hydrogen-bond acceptors (Lipinski definition) is 4. The highest BCUT2D eigenvalue weighted by atomic mass is 19.4. The number of nitrogens with zero attached hydrogens (tertiary/aromatic N) is 1. The van der Waals surface area contributed by atoms with Gasteiger partial charge < -0.3 is 21.1 Å². The highest BCUT2D eigenvalue weighted by Crippen LogP contribution is 2.29. The van der Waals surface area contributed by atoms with Gasteiger partial charge in [-0.3, -0.25) is 9.59 Å². The van der Waals surface area contributed by atoms with Crippen molar-refractivity contribution in [3.63, 3.8) is 0 Å². The average molecular weight is 498 g/mol. The minimum Gasteiger partial charge on any atom is -0.475 e. The van der Waals surface area contributed by atoms with Gasteiger partial charge in [0.1, 0.15) is 0 Å². The summed E-state index contributed by atoms with van der Waals surface area (Å²) in [6.07, 6.45) is 7.02. The zero-order chi connectivity index (χ0) is 26.0. The average Bonchev–Trinajstić information content (AvgIpc) is 3.26. The van der Waals surface area contributed by atoms with Crippen molar-refractivity contribution in [2.75, 3.05) is 11.4 Å². The summed E-state index contributed by atoms with van der Waals surface area (Å²) in [5.41, 5.74) is 8.11. The maximum atomic E-state index is 12.8. The quantitative estimate of drug-likeness (QED) is 0.494. The van der Waals surface area contributed by atoms with Crippen LogP contribution in [0.4, 0.5) is 18.9 Å². The fourth-order valence-corrected chi connectivity index (χ4v) is 4.30. The van der Waals surface area contributed by atoms with Gasteiger partial charge in [-0.15, -0.1) is 0 Å². The van der Waals surface area contributed by atoms with E-state index in [-0.39, 0.29) is 17.9 Å². The Labute approximate surface area is 203 Å². The molecule has 10 heteroatoms. The molecule has 0 spiro atoms. The predicted molar refractivity (Wildman–Crippen MR) is 127 cm³/mol. The molecular formula is C25H34F3N3O4. The van der Waals surface area contributed by atoms with Gasteiger partial charge in [-0.25, -0.2) is 4.79 Å². The van der Waals surface area contributed by atoms with Crippen molar-refractivity contribution in [3.05, 3.63) is 42.0 Å². The van der Waals surface area contributed by atoms with Gasteiger partial charge in [0, 0.05) is 24.4 Å². The molecule has 0 radical (unpaired) electrons. The second-order valence-corrected chi connectivity index (χ2v) is 8.90. The lowest BCUT2D eigenvalue weighted by atomic mass is 9.84. The number of benzene rings is 1. The summed E-state index contributed by atoms with van der Waals surface area (Å²) in [7, 11) is 0. The number of nitrogens with one attached hydrogen (secondary N) is 1. The molecule has 0 unspecified atom stereocenters. The van der Waals surface area contributed by atoms with Gasteiger partial charge in [-0.1, -0.05) is 63.3 Å². The number of carbonyl (C=O) groups is 3. The minimum absolute atomic E-state index is 0.0207. The molecule has 1 saturated carbocycles. The number of fused-ring (bicyclic) bond motifs is 1. The van der Waals surface area contributed by atoms with E-state index >= 15 is 0 Å². The van der Waals surface area contributed by atoms with Crippen LogP contribution >= 0.6 is 0 Å². The van der Waals surface area contributed by atoms with Crippen LogP contribution in [-0.4, -0.2) is 47.7 Å². The summed E-state index contributed by atoms with van der Waals surface area (Å²) in [4.78, 5) is 35.8. The number of rotatable bonds is 7. The Morgan fingerprint density at radius 3 is 2.43 bits per heavy atom. The number of aliphatic carboxylic acids is 1. The van der Waals surface area contributed by atoms with E-state index in [1.165, 1.54) is 37.7 Å². The van der Waals surface area contributed by atoms with Crippen LogP contribution in [0.1, 0.15) is 57.4 Å². The van der Waals surface area contributed by atoms with Crippen molar-refractivity contribution < 1.29 is 32.7 Å². The Hall–Kier alpha value is -2.88. The zero-order valence-electron chi connectivity index (χ0n) is 19.9. The van der Waals surface area contributed by atoms with Crippen molar-refractivity contribution >= 4 is 23.5 Å². The Bertz CT molecular complexity index is 898. The van der Waals surface area contributed by atoms with Gasteiger partial charge in [0.25, 0.3) is 5.91 Å². The number of halogens is 3. The van der Waals surface area contributed by atoms with E-state index in [4.69, 9.17) is 15.6 Å². The molecule has 2 amide bonds. The lowest BCUT2D eigenvalue weighted by molar-refractivity contribution is -0.192. The molecule has 7 nitrogen and oxygen atoms in total. The van der Waals surface area contributed by atoms with Gasteiger partial charge in [-0.2, -0.15) is 13.2 Å². The maximum Gasteiger partial charge on any atom is 0.490 e. The number of para-hydroxylation sites is 1. The van der Waals surface area contributed by atoms with E-state index < -0.39 is 18.2 Å². The van der Waals surface area contributed by atoms with E-state index in [1.54, 1.807) is 6.08 Å². The third kappa shape index (κ3) is 9.01. The first-order valence-corrected chi connectivity index (χ1v) is 12.0. The minimum atomic E-state index is -5.08. The summed E-state index contributed by atoms with van der Waals surface area (Å²) in [5.74, 6) is -2.31. The molecule has 1 aliphatic carbocycles. The van der Waals surface area contributed by atoms with Crippen LogP contribution in [0.3, 0.4) is 0 Å². The molecule has 2 aliphatic rings. The van der Waals surface area contributed by atoms with Crippen LogP contribution in [0, 0.1) is 5.92 Å². The third-order valence-corrected chi connectivity index (χ3v) is 6.28. The Morgan fingerprint density at radius 2 is 1.83 bits per heavy atom. The highest BCUT2D eigenvalue weighted by molar-refractivity contribution is 6.03. The summed E-state index contributed by atoms with van der Waals surface area (Å²) in [6, 6.07) is 7.40. The Balaban J connectivity index is 0.000000540. The number of carboxylic acid groups (broad SMARTS) is 1. The van der Waals surface area contributed by atoms with Gasteiger partial charge in [0.2, 0.25) is 5.91 Å². The molecule has 1 aliphatic heterocycles. The molecule has 194 valence electrons. The second-order valence-electron chi connectivity index (χ2n) is 8.90. The summed E-state index contributed by atoms with van der Waals surface area (Å²) < 4.78 is 31.7. The normalized spacial score (nSPS) is 17.8. The van der Waals surface area contributed by atoms with Crippen molar-refractivity contribution in [2.24, 2.45) is 11.7 Å². The molecule has 0 bridgehead atoms. The molecule has 1 aromatic carbocycles. The molecule has 3 rings (SSSR count). The number of carboxylic acids is 1. The summed E-state index contributed by atoms with van der Waals surface area (Å²) >= 11 is 0. The number of amides is 2. The smallest absolute Gasteiger partial charge is 0.475 e. The number of carbonyl (C=O) groups excluding carboxylic acids is 2. The number of hydrogen-bond donors (Lipinski definition) is 3. The van der Waals surface area contributed by atoms with Crippen molar-refractivity contribution in [1.29, 1.82) is 0 Å². The highest BCUT2D eigenvalue weighted by Gasteiger charge is 2.38. The molecule has 4 N–H and O–H groups in total. The van der Waals surface area contributed by atoms with Crippen molar-refractivity contribution in [1.82, 2.24) is 5.32 Å². The standard InChI is InChI=1S/C23H33N3O2.C2HF3O2/c1-2-20(24)23(28)25-19(16-17-8-4-3-5-9-17)12-13-22(27)26-15-14-18-10-6-7-11-21(18)26;3-2(4,5)1(6)7/h6-7,10-13,17,19-20H,2-5,8-9,14-16,24H2,1H3,(H,25,28);(H,6,7)/b13-12+;/t19-,20+;/m1./s1. The first-order chi connectivity index (χ1) is 16.5. The topological polar surface area (TPSA) is 113 Å². The number of nitrogens with two attached hydrogens (primary N) is 1. The van der Waals surface area contributed by atoms with Crippen molar-refractivity contribution in [3.8, 4) is 0 Å². The fraction of sp³-hybridized carbons (Fsp3) is 0.560. The van der Waals surface area contributed by atoms with Crippen LogP contribution in [0.25, 0.3) is 0 Å². The Morgan fingerprint density at radius 1 is 1.20 bits per heavy atom. The second kappa shape index (κ2) is 13.3. The lowest BCUT2D eigenvalue weighted by Crippen LogP contribution is -2.45. The maximum absolute atomic E-state index is 12.8. The summed E-state index contributed by atoms with van der Waals surface area (Å²) in [5, 5.41) is 10.2. The van der Waals surface area contributed by atoms with Crippen LogP contribution < -0.4 is 16.0 Å². The SMILES string of the molecule is CC[C@H](N)C(=O)N[C@H](/C=C/C(=O)N1CCc2ccccc21)CC1CCCCC1.O=C(O)C(F)(F)F. The number of alkyl halides is 3. The van der Waals surface area contributed by atoms with E-state index in [0.29, 0.717) is 18.9 Å². The van der Waals surface area contributed by atoms with Gasteiger partial charge in [-0.05, 0) is 36.8 Å². The van der Waals surface area contributed by atoms with Gasteiger partial charge in [0.15, 0.2) is 0 Å². The largest absolute Gasteiger partial charge is 0.490 e. The molecule has 35 heavy (non-hydrogen) atoms. The van der Waals surface area contributed by atoms with Crippen molar-refractivity contribution in [2.45, 2.75) is 76.6 Å². The zero-order valence-corrected chi connectivity index (χ0v) is 19.9. The van der Waals surface area contributed by atoms with E-state index in [9.17, 15) is 22.8 Å². The first-order valence-electron chi connectivity index (χ1n) is 12.0. The predicted octanol–water partition coefficient (Wildman–Crippen LogP) is 3.96.